The van der Waals surface area contributed by atoms with E-state index >= 15 is 0 Å². The molecule has 7 nitrogen and oxygen atoms in total. The summed E-state index contributed by atoms with van der Waals surface area (Å²) >= 11 is 0. The number of hydrogen-bond donors (Lipinski definition) is 1. The molecule has 1 atom stereocenters. The first-order valence-electron chi connectivity index (χ1n) is 7.08. The van der Waals surface area contributed by atoms with Crippen molar-refractivity contribution in [2.75, 3.05) is 0 Å². The Kier molecular flexibility index (Phi) is 5.36. The lowest BCUT2D eigenvalue weighted by Crippen LogP contribution is -2.18. The van der Waals surface area contributed by atoms with Gasteiger partial charge in [0.1, 0.15) is 0 Å². The molecule has 7 heteroatoms. The van der Waals surface area contributed by atoms with Crippen LogP contribution in [0.4, 0.5) is 0 Å². The standard InChI is InChI=1S/C14H19N5O2/c1-2-3-12(10-14(20)21)19-13(16-17-18-19)5-4-11-6-8-15-9-7-11/h6-9,12H,2-5,10H2,1H3,(H,20,21). The Labute approximate surface area is 123 Å². The Morgan fingerprint density at radius 2 is 2.10 bits per heavy atom. The van der Waals surface area contributed by atoms with Gasteiger partial charge in [-0.2, -0.15) is 0 Å². The number of tetrazole rings is 1. The quantitative estimate of drug-likeness (QED) is 0.794. The highest BCUT2D eigenvalue weighted by atomic mass is 16.4. The van der Waals surface area contributed by atoms with Crippen molar-refractivity contribution in [2.24, 2.45) is 0 Å². The Bertz CT molecular complexity index is 570. The van der Waals surface area contributed by atoms with Crippen LogP contribution in [-0.2, 0) is 17.6 Å². The fourth-order valence-corrected chi connectivity index (χ4v) is 2.31. The maximum atomic E-state index is 11.0. The molecule has 1 N–H and O–H groups in total. The lowest BCUT2D eigenvalue weighted by Gasteiger charge is -2.15. The number of aliphatic carboxylic acids is 1. The zero-order chi connectivity index (χ0) is 15.1. The molecule has 0 spiro atoms. The molecule has 0 saturated heterocycles. The number of aromatic nitrogens is 5. The summed E-state index contributed by atoms with van der Waals surface area (Å²) in [6, 6.07) is 3.72. The van der Waals surface area contributed by atoms with Gasteiger partial charge in [-0.1, -0.05) is 13.3 Å². The summed E-state index contributed by atoms with van der Waals surface area (Å²) in [5, 5.41) is 20.7. The predicted octanol–water partition coefficient (Wildman–Crippen LogP) is 1.67. The zero-order valence-electron chi connectivity index (χ0n) is 12.0. The molecule has 0 aliphatic heterocycles. The minimum absolute atomic E-state index is 0.0428. The van der Waals surface area contributed by atoms with Crippen molar-refractivity contribution >= 4 is 5.97 Å². The van der Waals surface area contributed by atoms with Crippen molar-refractivity contribution in [2.45, 2.75) is 45.1 Å². The second-order valence-corrected chi connectivity index (χ2v) is 4.94. The first-order valence-corrected chi connectivity index (χ1v) is 7.08. The van der Waals surface area contributed by atoms with Gasteiger partial charge in [-0.3, -0.25) is 9.78 Å². The number of aryl methyl sites for hydroxylation is 2. The van der Waals surface area contributed by atoms with E-state index < -0.39 is 5.97 Å². The third kappa shape index (κ3) is 4.34. The molecule has 0 aliphatic rings. The average Bonchev–Trinajstić information content (AvgIpc) is 2.94. The summed E-state index contributed by atoms with van der Waals surface area (Å²) in [5.74, 6) is -0.101. The van der Waals surface area contributed by atoms with Gasteiger partial charge in [0.05, 0.1) is 12.5 Å². The Hall–Kier alpha value is -2.31. The number of nitrogens with zero attached hydrogens (tertiary/aromatic N) is 5. The van der Waals surface area contributed by atoms with Crippen LogP contribution in [-0.4, -0.2) is 36.3 Å². The first kappa shape index (κ1) is 15.1. The van der Waals surface area contributed by atoms with Crippen LogP contribution in [0.3, 0.4) is 0 Å². The number of carboxylic acid groups (broad SMARTS) is 1. The highest BCUT2D eigenvalue weighted by Crippen LogP contribution is 2.19. The van der Waals surface area contributed by atoms with E-state index in [0.29, 0.717) is 6.42 Å². The zero-order valence-corrected chi connectivity index (χ0v) is 12.0. The number of carboxylic acids is 1. The van der Waals surface area contributed by atoms with Crippen molar-refractivity contribution in [3.8, 4) is 0 Å². The van der Waals surface area contributed by atoms with Gasteiger partial charge >= 0.3 is 5.97 Å². The topological polar surface area (TPSA) is 93.8 Å². The van der Waals surface area contributed by atoms with Gasteiger partial charge in [0, 0.05) is 18.8 Å². The molecule has 0 aromatic carbocycles. The molecule has 0 saturated carbocycles. The fourth-order valence-electron chi connectivity index (χ4n) is 2.31. The Morgan fingerprint density at radius 3 is 2.76 bits per heavy atom. The van der Waals surface area contributed by atoms with Gasteiger partial charge in [-0.15, -0.1) is 5.10 Å². The Balaban J connectivity index is 2.07. The van der Waals surface area contributed by atoms with E-state index in [1.807, 2.05) is 19.1 Å². The van der Waals surface area contributed by atoms with Gasteiger partial charge in [0.15, 0.2) is 5.82 Å². The highest BCUT2D eigenvalue weighted by molar-refractivity contribution is 5.67. The largest absolute Gasteiger partial charge is 0.481 e. The van der Waals surface area contributed by atoms with E-state index in [1.165, 1.54) is 0 Å². The molecule has 21 heavy (non-hydrogen) atoms. The second kappa shape index (κ2) is 7.47. The van der Waals surface area contributed by atoms with Crippen molar-refractivity contribution < 1.29 is 9.90 Å². The van der Waals surface area contributed by atoms with Gasteiger partial charge in [0.25, 0.3) is 0 Å². The van der Waals surface area contributed by atoms with Crippen LogP contribution in [0.25, 0.3) is 0 Å². The molecule has 112 valence electrons. The first-order chi connectivity index (χ1) is 10.2. The number of pyridine rings is 1. The van der Waals surface area contributed by atoms with E-state index in [1.54, 1.807) is 17.1 Å². The van der Waals surface area contributed by atoms with Crippen LogP contribution < -0.4 is 0 Å². The van der Waals surface area contributed by atoms with Crippen LogP contribution in [0.15, 0.2) is 24.5 Å². The lowest BCUT2D eigenvalue weighted by atomic mass is 10.1. The van der Waals surface area contributed by atoms with E-state index in [9.17, 15) is 4.79 Å². The monoisotopic (exact) mass is 289 g/mol. The number of carbonyl (C=O) groups is 1. The molecule has 0 bridgehead atoms. The van der Waals surface area contributed by atoms with Gasteiger partial charge in [-0.05, 0) is 41.0 Å². The van der Waals surface area contributed by atoms with Gasteiger partial charge < -0.3 is 5.11 Å². The smallest absolute Gasteiger partial charge is 0.305 e. The van der Waals surface area contributed by atoms with Gasteiger partial charge in [-0.25, -0.2) is 4.68 Å². The molecule has 2 heterocycles. The summed E-state index contributed by atoms with van der Waals surface area (Å²) in [6.45, 7) is 2.02. The molecule has 0 amide bonds. The number of rotatable bonds is 8. The third-order valence-corrected chi connectivity index (χ3v) is 3.33. The molecular formula is C14H19N5O2. The summed E-state index contributed by atoms with van der Waals surface area (Å²) in [5.41, 5.74) is 1.16. The summed E-state index contributed by atoms with van der Waals surface area (Å²) in [6.07, 6.45) is 6.67. The van der Waals surface area contributed by atoms with E-state index in [-0.39, 0.29) is 12.5 Å². The van der Waals surface area contributed by atoms with E-state index in [2.05, 4.69) is 20.5 Å². The molecular weight excluding hydrogens is 270 g/mol. The predicted molar refractivity (Wildman–Crippen MR) is 75.7 cm³/mol. The molecule has 0 fully saturated rings. The Morgan fingerprint density at radius 1 is 1.33 bits per heavy atom. The van der Waals surface area contributed by atoms with Crippen molar-refractivity contribution in [1.82, 2.24) is 25.2 Å². The van der Waals surface area contributed by atoms with Crippen LogP contribution in [0.1, 0.15) is 43.6 Å². The van der Waals surface area contributed by atoms with Crippen molar-refractivity contribution in [3.05, 3.63) is 35.9 Å². The minimum atomic E-state index is -0.830. The molecule has 1 unspecified atom stereocenters. The lowest BCUT2D eigenvalue weighted by molar-refractivity contribution is -0.138. The summed E-state index contributed by atoms with van der Waals surface area (Å²) < 4.78 is 1.67. The normalized spacial score (nSPS) is 12.2. The molecule has 2 aromatic heterocycles. The third-order valence-electron chi connectivity index (χ3n) is 3.33. The molecule has 2 rings (SSSR count). The van der Waals surface area contributed by atoms with E-state index in [4.69, 9.17) is 5.11 Å². The van der Waals surface area contributed by atoms with Crippen LogP contribution >= 0.6 is 0 Å². The van der Waals surface area contributed by atoms with Gasteiger partial charge in [0.2, 0.25) is 0 Å². The maximum Gasteiger partial charge on any atom is 0.305 e. The van der Waals surface area contributed by atoms with Crippen LogP contribution in [0, 0.1) is 0 Å². The van der Waals surface area contributed by atoms with Crippen molar-refractivity contribution in [1.29, 1.82) is 0 Å². The SMILES string of the molecule is CCCC(CC(=O)O)n1nnnc1CCc1ccncc1. The fraction of sp³-hybridized carbons (Fsp3) is 0.500. The maximum absolute atomic E-state index is 11.0. The molecule has 0 radical (unpaired) electrons. The summed E-state index contributed by atoms with van der Waals surface area (Å²) in [7, 11) is 0. The summed E-state index contributed by atoms with van der Waals surface area (Å²) in [4.78, 5) is 15.0. The van der Waals surface area contributed by atoms with Crippen molar-refractivity contribution in [3.63, 3.8) is 0 Å². The van der Waals surface area contributed by atoms with Crippen LogP contribution in [0.5, 0.6) is 0 Å². The highest BCUT2D eigenvalue weighted by Gasteiger charge is 2.19. The molecule has 2 aromatic rings. The second-order valence-electron chi connectivity index (χ2n) is 4.94. The molecule has 0 aliphatic carbocycles. The van der Waals surface area contributed by atoms with Crippen LogP contribution in [0.2, 0.25) is 0 Å². The average molecular weight is 289 g/mol. The number of hydrogen-bond acceptors (Lipinski definition) is 5. The minimum Gasteiger partial charge on any atom is -0.481 e. The van der Waals surface area contributed by atoms with E-state index in [0.717, 1.165) is 30.7 Å².